The molecule has 6 heteroatoms. The zero-order valence-electron chi connectivity index (χ0n) is 12.1. The number of nitrogens with zero attached hydrogens (tertiary/aromatic N) is 4. The molecule has 1 atom stereocenters. The molecule has 2 aliphatic rings. The lowest BCUT2D eigenvalue weighted by Crippen LogP contribution is -2.46. The van der Waals surface area contributed by atoms with E-state index in [0.717, 1.165) is 38.8 Å². The smallest absolute Gasteiger partial charge is 0.257 e. The van der Waals surface area contributed by atoms with E-state index >= 15 is 0 Å². The van der Waals surface area contributed by atoms with Gasteiger partial charge in [0.2, 0.25) is 5.91 Å². The fourth-order valence-electron chi connectivity index (χ4n) is 3.15. The lowest BCUT2D eigenvalue weighted by molar-refractivity contribution is -0.135. The van der Waals surface area contributed by atoms with E-state index in [4.69, 9.17) is 0 Å². The van der Waals surface area contributed by atoms with E-state index in [0.29, 0.717) is 18.7 Å². The molecule has 0 unspecified atom stereocenters. The SMILES string of the molecule is O=C(c1cncnc1)N1CCC[C@H](C(=O)N2CCCC2)C1. The lowest BCUT2D eigenvalue weighted by atomic mass is 9.96. The van der Waals surface area contributed by atoms with Gasteiger partial charge in [-0.2, -0.15) is 0 Å². The Labute approximate surface area is 124 Å². The van der Waals surface area contributed by atoms with Crippen LogP contribution in [0.1, 0.15) is 36.0 Å². The zero-order chi connectivity index (χ0) is 14.7. The number of rotatable bonds is 2. The Bertz CT molecular complexity index is 514. The van der Waals surface area contributed by atoms with Crippen molar-refractivity contribution >= 4 is 11.8 Å². The van der Waals surface area contributed by atoms with Crippen LogP contribution in [0.25, 0.3) is 0 Å². The van der Waals surface area contributed by atoms with E-state index in [1.54, 1.807) is 4.90 Å². The van der Waals surface area contributed by atoms with Crippen LogP contribution < -0.4 is 0 Å². The van der Waals surface area contributed by atoms with Gasteiger partial charge in [0.1, 0.15) is 6.33 Å². The second-order valence-electron chi connectivity index (χ2n) is 5.75. The van der Waals surface area contributed by atoms with Gasteiger partial charge in [-0.05, 0) is 25.7 Å². The van der Waals surface area contributed by atoms with Crippen molar-refractivity contribution < 1.29 is 9.59 Å². The first kappa shape index (κ1) is 14.0. The molecule has 0 aromatic carbocycles. The molecule has 3 heterocycles. The number of piperidine rings is 1. The predicted octanol–water partition coefficient (Wildman–Crippen LogP) is 0.951. The van der Waals surface area contributed by atoms with Crippen LogP contribution in [0.4, 0.5) is 0 Å². The van der Waals surface area contributed by atoms with Crippen LogP contribution in [-0.4, -0.2) is 57.8 Å². The van der Waals surface area contributed by atoms with Gasteiger partial charge in [-0.15, -0.1) is 0 Å². The van der Waals surface area contributed by atoms with Crippen molar-refractivity contribution in [2.45, 2.75) is 25.7 Å². The summed E-state index contributed by atoms with van der Waals surface area (Å²) in [6, 6.07) is 0. The fraction of sp³-hybridized carbons (Fsp3) is 0.600. The van der Waals surface area contributed by atoms with Crippen molar-refractivity contribution in [3.05, 3.63) is 24.3 Å². The highest BCUT2D eigenvalue weighted by Gasteiger charge is 2.32. The van der Waals surface area contributed by atoms with E-state index in [-0.39, 0.29) is 17.7 Å². The molecule has 2 saturated heterocycles. The van der Waals surface area contributed by atoms with Crippen LogP contribution in [0.2, 0.25) is 0 Å². The molecule has 3 rings (SSSR count). The molecular weight excluding hydrogens is 268 g/mol. The van der Waals surface area contributed by atoms with Gasteiger partial charge in [0.15, 0.2) is 0 Å². The molecule has 0 bridgehead atoms. The van der Waals surface area contributed by atoms with Gasteiger partial charge in [-0.3, -0.25) is 9.59 Å². The standard InChI is InChI=1S/C15H20N4O2/c20-14(18-5-1-2-6-18)12-4-3-7-19(10-12)15(21)13-8-16-11-17-9-13/h8-9,11-12H,1-7,10H2/t12-/m0/s1. The van der Waals surface area contributed by atoms with Gasteiger partial charge in [0.05, 0.1) is 11.5 Å². The second-order valence-corrected chi connectivity index (χ2v) is 5.75. The van der Waals surface area contributed by atoms with Crippen LogP contribution in [0, 0.1) is 5.92 Å². The number of amides is 2. The Kier molecular flexibility index (Phi) is 4.13. The van der Waals surface area contributed by atoms with Crippen molar-refractivity contribution in [3.63, 3.8) is 0 Å². The molecule has 2 aliphatic heterocycles. The molecule has 0 N–H and O–H groups in total. The van der Waals surface area contributed by atoms with Crippen LogP contribution in [0.15, 0.2) is 18.7 Å². The van der Waals surface area contributed by atoms with Crippen molar-refractivity contribution in [1.29, 1.82) is 0 Å². The summed E-state index contributed by atoms with van der Waals surface area (Å²) in [5.41, 5.74) is 0.492. The molecule has 112 valence electrons. The summed E-state index contributed by atoms with van der Waals surface area (Å²) in [6.45, 7) is 2.96. The van der Waals surface area contributed by atoms with Gasteiger partial charge < -0.3 is 9.80 Å². The summed E-state index contributed by atoms with van der Waals surface area (Å²) >= 11 is 0. The second kappa shape index (κ2) is 6.20. The van der Waals surface area contributed by atoms with E-state index in [1.807, 2.05) is 4.90 Å². The normalized spacial score (nSPS) is 22.4. The molecule has 2 fully saturated rings. The monoisotopic (exact) mass is 288 g/mol. The van der Waals surface area contributed by atoms with Gasteiger partial charge in [-0.1, -0.05) is 0 Å². The van der Waals surface area contributed by atoms with E-state index in [9.17, 15) is 9.59 Å². The van der Waals surface area contributed by atoms with Crippen molar-refractivity contribution in [1.82, 2.24) is 19.8 Å². The topological polar surface area (TPSA) is 66.4 Å². The number of hydrogen-bond acceptors (Lipinski definition) is 4. The minimum atomic E-state index is -0.0745. The van der Waals surface area contributed by atoms with Gasteiger partial charge >= 0.3 is 0 Å². The largest absolute Gasteiger partial charge is 0.342 e. The average Bonchev–Trinajstić information content (AvgIpc) is 3.09. The molecule has 1 aromatic heterocycles. The first-order valence-electron chi connectivity index (χ1n) is 7.59. The number of carbonyl (C=O) groups excluding carboxylic acids is 2. The van der Waals surface area contributed by atoms with E-state index in [1.165, 1.54) is 18.7 Å². The third-order valence-corrected chi connectivity index (χ3v) is 4.28. The highest BCUT2D eigenvalue weighted by atomic mass is 16.2. The van der Waals surface area contributed by atoms with Gasteiger partial charge in [-0.25, -0.2) is 9.97 Å². The highest BCUT2D eigenvalue weighted by molar-refractivity contribution is 5.94. The number of aromatic nitrogens is 2. The molecule has 2 amide bonds. The first-order chi connectivity index (χ1) is 10.3. The van der Waals surface area contributed by atoms with Gasteiger partial charge in [0, 0.05) is 38.6 Å². The highest BCUT2D eigenvalue weighted by Crippen LogP contribution is 2.22. The maximum atomic E-state index is 12.5. The maximum absolute atomic E-state index is 12.5. The Morgan fingerprint density at radius 1 is 1.00 bits per heavy atom. The summed E-state index contributed by atoms with van der Waals surface area (Å²) < 4.78 is 0. The van der Waals surface area contributed by atoms with Crippen LogP contribution in [0.5, 0.6) is 0 Å². The average molecular weight is 288 g/mol. The summed E-state index contributed by atoms with van der Waals surface area (Å²) in [4.78, 5) is 36.4. The molecule has 0 aliphatic carbocycles. The number of likely N-dealkylation sites (tertiary alicyclic amines) is 2. The zero-order valence-corrected chi connectivity index (χ0v) is 12.1. The molecule has 0 saturated carbocycles. The summed E-state index contributed by atoms with van der Waals surface area (Å²) in [5, 5.41) is 0. The quantitative estimate of drug-likeness (QED) is 0.812. The lowest BCUT2D eigenvalue weighted by Gasteiger charge is -2.33. The molecular formula is C15H20N4O2. The molecule has 0 spiro atoms. The molecule has 6 nitrogen and oxygen atoms in total. The first-order valence-corrected chi connectivity index (χ1v) is 7.59. The molecule has 1 aromatic rings. The van der Waals surface area contributed by atoms with E-state index in [2.05, 4.69) is 9.97 Å². The van der Waals surface area contributed by atoms with Crippen LogP contribution >= 0.6 is 0 Å². The van der Waals surface area contributed by atoms with E-state index < -0.39 is 0 Å². The van der Waals surface area contributed by atoms with Gasteiger partial charge in [0.25, 0.3) is 5.91 Å². The predicted molar refractivity (Wildman–Crippen MR) is 76.5 cm³/mol. The summed E-state index contributed by atoms with van der Waals surface area (Å²) in [7, 11) is 0. The Balaban J connectivity index is 1.65. The minimum absolute atomic E-state index is 0.0505. The summed E-state index contributed by atoms with van der Waals surface area (Å²) in [6.07, 6.45) is 8.42. The van der Waals surface area contributed by atoms with Crippen molar-refractivity contribution in [3.8, 4) is 0 Å². The molecule has 21 heavy (non-hydrogen) atoms. The minimum Gasteiger partial charge on any atom is -0.342 e. The van der Waals surface area contributed by atoms with Crippen molar-refractivity contribution in [2.75, 3.05) is 26.2 Å². The van der Waals surface area contributed by atoms with Crippen LogP contribution in [-0.2, 0) is 4.79 Å². The summed E-state index contributed by atoms with van der Waals surface area (Å²) in [5.74, 6) is 0.0919. The Hall–Kier alpha value is -1.98. The third-order valence-electron chi connectivity index (χ3n) is 4.28. The third kappa shape index (κ3) is 3.04. The van der Waals surface area contributed by atoms with Crippen molar-refractivity contribution in [2.24, 2.45) is 5.92 Å². The molecule has 0 radical (unpaired) electrons. The fourth-order valence-corrected chi connectivity index (χ4v) is 3.15. The Morgan fingerprint density at radius 3 is 2.38 bits per heavy atom. The maximum Gasteiger partial charge on any atom is 0.257 e. The Morgan fingerprint density at radius 2 is 1.67 bits per heavy atom. The number of hydrogen-bond donors (Lipinski definition) is 0. The van der Waals surface area contributed by atoms with Crippen LogP contribution in [0.3, 0.4) is 0 Å². The number of carbonyl (C=O) groups is 2.